The number of hydrogen-bond acceptors (Lipinski definition) is 9. The fourth-order valence-corrected chi connectivity index (χ4v) is 11.0. The van der Waals surface area contributed by atoms with Crippen LogP contribution in [0.5, 0.6) is 34.5 Å². The molecule has 0 radical (unpaired) electrons. The third-order valence-corrected chi connectivity index (χ3v) is 15.4. The van der Waals surface area contributed by atoms with E-state index in [0.29, 0.717) is 70.0 Å². The van der Waals surface area contributed by atoms with Gasteiger partial charge < -0.3 is 28.4 Å². The zero-order valence-electron chi connectivity index (χ0n) is 48.1. The van der Waals surface area contributed by atoms with Gasteiger partial charge in [-0.15, -0.1) is 0 Å². The minimum Gasteiger partial charge on any atom is -0.483 e. The van der Waals surface area contributed by atoms with Gasteiger partial charge in [0.05, 0.1) is 18.6 Å². The van der Waals surface area contributed by atoms with Crippen LogP contribution in [0, 0.1) is 0 Å². The first-order valence-corrected chi connectivity index (χ1v) is 28.4. The molecule has 9 nitrogen and oxygen atoms in total. The maximum absolute atomic E-state index is 13.8. The second-order valence-corrected chi connectivity index (χ2v) is 22.6. The molecule has 0 aromatic heterocycles. The van der Waals surface area contributed by atoms with Crippen molar-refractivity contribution in [3.63, 3.8) is 0 Å². The van der Waals surface area contributed by atoms with Crippen LogP contribution >= 0.6 is 0 Å². The number of nitrogens with two attached hydrogens (primary N) is 1. The molecule has 9 heteroatoms. The van der Waals surface area contributed by atoms with Crippen molar-refractivity contribution in [1.82, 2.24) is 0 Å². The van der Waals surface area contributed by atoms with Crippen molar-refractivity contribution in [2.75, 3.05) is 13.2 Å². The minimum atomic E-state index is -1.06. The van der Waals surface area contributed by atoms with E-state index in [1.165, 1.54) is 5.56 Å². The Balaban J connectivity index is 0.759. The summed E-state index contributed by atoms with van der Waals surface area (Å²) in [6.07, 6.45) is -0.426. The second kappa shape index (κ2) is 23.8. The lowest BCUT2D eigenvalue weighted by Gasteiger charge is -2.37. The lowest BCUT2D eigenvalue weighted by atomic mass is 9.65. The Bertz CT molecular complexity index is 3790. The molecule has 0 spiro atoms. The van der Waals surface area contributed by atoms with Crippen LogP contribution in [-0.2, 0) is 31.7 Å². The van der Waals surface area contributed by atoms with Crippen LogP contribution in [0.4, 0.5) is 0 Å². The molecule has 1 atom stereocenters. The molecule has 1 fully saturated rings. The van der Waals surface area contributed by atoms with Crippen LogP contribution in [0.3, 0.4) is 0 Å². The summed E-state index contributed by atoms with van der Waals surface area (Å²) in [5.41, 5.74) is 14.8. The molecule has 11 rings (SSSR count). The number of ether oxygens (including phenoxy) is 6. The van der Waals surface area contributed by atoms with Crippen LogP contribution in [-0.4, -0.2) is 31.0 Å². The summed E-state index contributed by atoms with van der Waals surface area (Å²) in [5.74, 6) is 2.68. The molecule has 1 aliphatic heterocycles. The van der Waals surface area contributed by atoms with Gasteiger partial charge in [-0.3, -0.25) is 15.3 Å². The molecule has 10 aromatic rings. The molecular formula is C75H67NO8. The van der Waals surface area contributed by atoms with E-state index in [1.54, 1.807) is 31.2 Å². The first-order chi connectivity index (χ1) is 40.6. The van der Waals surface area contributed by atoms with E-state index in [1.807, 2.05) is 172 Å². The third kappa shape index (κ3) is 11.9. The van der Waals surface area contributed by atoms with Crippen LogP contribution in [0.15, 0.2) is 255 Å². The fourth-order valence-electron chi connectivity index (χ4n) is 11.0. The van der Waals surface area contributed by atoms with E-state index in [9.17, 15) is 9.59 Å². The summed E-state index contributed by atoms with van der Waals surface area (Å²) >= 11 is 0. The standard InChI is InChI=1S/C75H67NO8/c1-51(76)81-64-43-33-62(34-44-64)75(79-49-50-80-75)63-35-45-68(46-36-63)83-66-39-23-55(24-40-66)71(78)53-19-27-57(28-20-53)73(5,6)84-69-47-31-61(32-48-69)74(58-13-9-7-10-14-58,59-15-11-8-12-16-59)60-29-41-67(42-30-60)82-65-37-21-54(22-38-65)70(77)52-17-25-56(26-18-52)72(2,3)4/h7-48,51H,49-50,76H2,1-6H3. The maximum atomic E-state index is 13.8. The molecule has 84 heavy (non-hydrogen) atoms. The van der Waals surface area contributed by atoms with Gasteiger partial charge in [0, 0.05) is 33.4 Å². The maximum Gasteiger partial charge on any atom is 0.222 e. The van der Waals surface area contributed by atoms with Gasteiger partial charge in [0.25, 0.3) is 0 Å². The summed E-state index contributed by atoms with van der Waals surface area (Å²) in [7, 11) is 0. The van der Waals surface area contributed by atoms with Crippen LogP contribution < -0.4 is 24.7 Å². The number of ketones is 2. The van der Waals surface area contributed by atoms with Crippen molar-refractivity contribution in [2.24, 2.45) is 5.73 Å². The highest BCUT2D eigenvalue weighted by molar-refractivity contribution is 6.09. The number of carbonyl (C=O) groups is 2. The van der Waals surface area contributed by atoms with Crippen molar-refractivity contribution in [2.45, 2.75) is 70.0 Å². The van der Waals surface area contributed by atoms with Gasteiger partial charge in [0.1, 0.15) is 46.3 Å². The van der Waals surface area contributed by atoms with Crippen molar-refractivity contribution < 1.29 is 38.0 Å². The van der Waals surface area contributed by atoms with E-state index >= 15 is 0 Å². The van der Waals surface area contributed by atoms with E-state index in [0.717, 1.165) is 38.9 Å². The van der Waals surface area contributed by atoms with Crippen LogP contribution in [0.25, 0.3) is 0 Å². The topological polar surface area (TPSA) is 116 Å². The zero-order valence-corrected chi connectivity index (χ0v) is 48.1. The molecule has 0 amide bonds. The molecule has 0 saturated carbocycles. The highest BCUT2D eigenvalue weighted by Gasteiger charge is 2.41. The van der Waals surface area contributed by atoms with E-state index in [4.69, 9.17) is 34.2 Å². The highest BCUT2D eigenvalue weighted by Crippen LogP contribution is 2.47. The molecule has 10 aromatic carbocycles. The van der Waals surface area contributed by atoms with Gasteiger partial charge >= 0.3 is 0 Å². The SMILES string of the molecule is CC(N)Oc1ccc(C2(c3ccc(Oc4ccc(C(=O)c5ccc(C(C)(C)Oc6ccc(C(c7ccccc7)(c7ccccc7)c7ccc(Oc8ccc(C(=O)c9ccc(C(C)(C)C)cc9)cc8)cc7)cc6)cc5)cc4)cc3)OCCO2)cc1. The monoisotopic (exact) mass is 1110 g/mol. The molecule has 2 N–H and O–H groups in total. The summed E-state index contributed by atoms with van der Waals surface area (Å²) < 4.78 is 37.4. The molecule has 1 aliphatic rings. The van der Waals surface area contributed by atoms with E-state index < -0.39 is 23.0 Å². The lowest BCUT2D eigenvalue weighted by Crippen LogP contribution is -2.31. The van der Waals surface area contributed by atoms with Gasteiger partial charge in [0.2, 0.25) is 5.79 Å². The van der Waals surface area contributed by atoms with Gasteiger partial charge in [-0.1, -0.05) is 154 Å². The van der Waals surface area contributed by atoms with Gasteiger partial charge in [-0.25, -0.2) is 0 Å². The fraction of sp³-hybridized carbons (Fsp3) is 0.173. The van der Waals surface area contributed by atoms with E-state index in [-0.39, 0.29) is 17.0 Å². The van der Waals surface area contributed by atoms with Crippen LogP contribution in [0.1, 0.15) is 118 Å². The predicted octanol–water partition coefficient (Wildman–Crippen LogP) is 16.7. The average Bonchev–Trinajstić information content (AvgIpc) is 4.18. The summed E-state index contributed by atoms with van der Waals surface area (Å²) in [6, 6.07) is 82.8. The smallest absolute Gasteiger partial charge is 0.222 e. The number of carbonyl (C=O) groups excluding carboxylic acids is 2. The molecule has 1 unspecified atom stereocenters. The van der Waals surface area contributed by atoms with Crippen molar-refractivity contribution >= 4 is 11.6 Å². The molecule has 0 bridgehead atoms. The normalized spacial score (nSPS) is 13.6. The average molecular weight is 1110 g/mol. The third-order valence-electron chi connectivity index (χ3n) is 15.4. The Morgan fingerprint density at radius 2 is 0.702 bits per heavy atom. The Morgan fingerprint density at radius 1 is 0.393 bits per heavy atom. The molecular weight excluding hydrogens is 1040 g/mol. The van der Waals surface area contributed by atoms with Gasteiger partial charge in [-0.05, 0) is 181 Å². The van der Waals surface area contributed by atoms with Crippen molar-refractivity contribution in [3.05, 3.63) is 322 Å². The van der Waals surface area contributed by atoms with Crippen molar-refractivity contribution in [1.29, 1.82) is 0 Å². The quantitative estimate of drug-likeness (QED) is 0.0480. The second-order valence-electron chi connectivity index (χ2n) is 22.6. The van der Waals surface area contributed by atoms with Gasteiger partial charge in [-0.2, -0.15) is 0 Å². The van der Waals surface area contributed by atoms with Crippen LogP contribution in [0.2, 0.25) is 0 Å². The number of benzene rings is 10. The minimum absolute atomic E-state index is 0.00624. The molecule has 1 heterocycles. The first-order valence-electron chi connectivity index (χ1n) is 28.4. The largest absolute Gasteiger partial charge is 0.483 e. The Kier molecular flexibility index (Phi) is 16.0. The molecule has 1 saturated heterocycles. The summed E-state index contributed by atoms with van der Waals surface area (Å²) in [6.45, 7) is 13.2. The molecule has 0 aliphatic carbocycles. The van der Waals surface area contributed by atoms with Gasteiger partial charge in [0.15, 0.2) is 11.6 Å². The Hall–Kier alpha value is -9.38. The van der Waals surface area contributed by atoms with E-state index in [2.05, 4.69) is 93.6 Å². The lowest BCUT2D eigenvalue weighted by molar-refractivity contribution is -0.129. The first kappa shape index (κ1) is 56.5. The predicted molar refractivity (Wildman–Crippen MR) is 330 cm³/mol. The highest BCUT2D eigenvalue weighted by atomic mass is 16.7. The van der Waals surface area contributed by atoms with Crippen molar-refractivity contribution in [3.8, 4) is 34.5 Å². The summed E-state index contributed by atoms with van der Waals surface area (Å²) in [5, 5.41) is 0. The Morgan fingerprint density at radius 3 is 1.08 bits per heavy atom. The number of hydrogen-bond donors (Lipinski definition) is 1. The zero-order chi connectivity index (χ0) is 58.5. The summed E-state index contributed by atoms with van der Waals surface area (Å²) in [4.78, 5) is 27.2. The number of rotatable bonds is 19. The Labute approximate surface area is 492 Å². The molecule has 420 valence electrons.